The number of aromatic nitrogens is 3. The van der Waals surface area contributed by atoms with Crippen LogP contribution < -0.4 is 5.32 Å². The molecule has 1 heterocycles. The monoisotopic (exact) mass is 451 g/mol. The van der Waals surface area contributed by atoms with Crippen molar-refractivity contribution in [3.8, 4) is 11.4 Å². The van der Waals surface area contributed by atoms with Gasteiger partial charge in [-0.05, 0) is 17.0 Å². The van der Waals surface area contributed by atoms with Crippen LogP contribution in [0.3, 0.4) is 0 Å². The summed E-state index contributed by atoms with van der Waals surface area (Å²) in [5.74, 6) is 0.493. The maximum atomic E-state index is 12.4. The molecule has 0 aliphatic rings. The van der Waals surface area contributed by atoms with Crippen LogP contribution in [0.5, 0.6) is 0 Å². The third-order valence-electron chi connectivity index (χ3n) is 4.71. The Labute approximate surface area is 190 Å². The molecule has 0 unspecified atom stereocenters. The highest BCUT2D eigenvalue weighted by atomic mass is 32.2. The van der Waals surface area contributed by atoms with E-state index in [1.807, 2.05) is 16.7 Å². The van der Waals surface area contributed by atoms with Gasteiger partial charge in [-0.2, -0.15) is 0 Å². The lowest BCUT2D eigenvalue weighted by atomic mass is 9.87. The lowest BCUT2D eigenvalue weighted by Gasteiger charge is -2.19. The summed E-state index contributed by atoms with van der Waals surface area (Å²) in [7, 11) is 0. The van der Waals surface area contributed by atoms with Gasteiger partial charge in [-0.25, -0.2) is 0 Å². The number of carbonyl (C=O) groups is 1. The largest absolute Gasteiger partial charge is 0.325 e. The van der Waals surface area contributed by atoms with E-state index in [2.05, 4.69) is 55.0 Å². The van der Waals surface area contributed by atoms with Gasteiger partial charge in [0.25, 0.3) is 5.69 Å². The van der Waals surface area contributed by atoms with Gasteiger partial charge in [0.15, 0.2) is 11.0 Å². The average molecular weight is 452 g/mol. The molecule has 32 heavy (non-hydrogen) atoms. The molecule has 0 bridgehead atoms. The van der Waals surface area contributed by atoms with Crippen molar-refractivity contribution in [2.45, 2.75) is 37.9 Å². The van der Waals surface area contributed by atoms with Gasteiger partial charge < -0.3 is 5.32 Å². The molecule has 9 heteroatoms. The van der Waals surface area contributed by atoms with E-state index in [9.17, 15) is 14.9 Å². The summed E-state index contributed by atoms with van der Waals surface area (Å²) in [4.78, 5) is 22.8. The zero-order valence-corrected chi connectivity index (χ0v) is 19.1. The fraction of sp³-hybridized carbons (Fsp3) is 0.261. The minimum absolute atomic E-state index is 0.0564. The number of anilines is 1. The number of hydrogen-bond donors (Lipinski definition) is 1. The highest BCUT2D eigenvalue weighted by molar-refractivity contribution is 7.99. The van der Waals surface area contributed by atoms with Crippen molar-refractivity contribution in [3.63, 3.8) is 0 Å². The third kappa shape index (κ3) is 5.61. The van der Waals surface area contributed by atoms with Crippen molar-refractivity contribution in [2.24, 2.45) is 0 Å². The molecule has 0 radical (unpaired) electrons. The molecule has 1 amide bonds. The van der Waals surface area contributed by atoms with E-state index >= 15 is 0 Å². The quantitative estimate of drug-likeness (QED) is 0.222. The lowest BCUT2D eigenvalue weighted by Crippen LogP contribution is -2.14. The number of nitro benzene ring substituents is 1. The van der Waals surface area contributed by atoms with Gasteiger partial charge >= 0.3 is 0 Å². The first-order chi connectivity index (χ1) is 15.2. The Hall–Kier alpha value is -3.46. The summed E-state index contributed by atoms with van der Waals surface area (Å²) < 4.78 is 1.91. The van der Waals surface area contributed by atoms with E-state index in [1.165, 1.54) is 35.5 Å². The number of amides is 1. The Bertz CT molecular complexity index is 1130. The zero-order chi connectivity index (χ0) is 23.3. The van der Waals surface area contributed by atoms with Crippen LogP contribution in [0.1, 0.15) is 26.3 Å². The van der Waals surface area contributed by atoms with E-state index in [1.54, 1.807) is 12.1 Å². The fourth-order valence-electron chi connectivity index (χ4n) is 3.05. The van der Waals surface area contributed by atoms with E-state index in [4.69, 9.17) is 0 Å². The summed E-state index contributed by atoms with van der Waals surface area (Å²) in [6, 6.07) is 14.0. The smallest absolute Gasteiger partial charge is 0.271 e. The van der Waals surface area contributed by atoms with Gasteiger partial charge in [0.05, 0.1) is 10.7 Å². The molecule has 2 aromatic carbocycles. The maximum absolute atomic E-state index is 12.4. The fourth-order valence-corrected chi connectivity index (χ4v) is 3.79. The van der Waals surface area contributed by atoms with Crippen LogP contribution in [-0.2, 0) is 16.8 Å². The molecule has 0 atom stereocenters. The van der Waals surface area contributed by atoms with Crippen LogP contribution in [0.15, 0.2) is 66.3 Å². The number of nitrogens with one attached hydrogen (secondary N) is 1. The minimum Gasteiger partial charge on any atom is -0.325 e. The van der Waals surface area contributed by atoms with Crippen molar-refractivity contribution in [2.75, 3.05) is 11.1 Å². The van der Waals surface area contributed by atoms with Crippen molar-refractivity contribution in [1.82, 2.24) is 14.8 Å². The molecular formula is C23H25N5O3S. The molecule has 0 spiro atoms. The van der Waals surface area contributed by atoms with Crippen LogP contribution in [0, 0.1) is 10.1 Å². The third-order valence-corrected chi connectivity index (χ3v) is 5.68. The second-order valence-corrected chi connectivity index (χ2v) is 9.12. The Balaban J connectivity index is 1.73. The lowest BCUT2D eigenvalue weighted by molar-refractivity contribution is -0.384. The Morgan fingerprint density at radius 2 is 1.94 bits per heavy atom. The number of thioether (sulfide) groups is 1. The number of rotatable bonds is 8. The standard InChI is InChI=1S/C23H25N5O3S/c1-5-13-27-21(16-9-11-17(12-10-16)23(2,3)4)25-26-22(27)32-15-20(29)24-18-7-6-8-19(14-18)28(30)31/h5-12,14H,1,13,15H2,2-4H3,(H,24,29). The normalized spacial score (nSPS) is 11.2. The van der Waals surface area contributed by atoms with Gasteiger partial charge in [-0.3, -0.25) is 19.5 Å². The van der Waals surface area contributed by atoms with Crippen LogP contribution in [-0.4, -0.2) is 31.3 Å². The number of carbonyl (C=O) groups excluding carboxylic acids is 1. The maximum Gasteiger partial charge on any atom is 0.271 e. The molecule has 0 aliphatic carbocycles. The highest BCUT2D eigenvalue weighted by Crippen LogP contribution is 2.28. The predicted molar refractivity (Wildman–Crippen MR) is 127 cm³/mol. The first-order valence-corrected chi connectivity index (χ1v) is 11.0. The Kier molecular flexibility index (Phi) is 7.09. The molecule has 166 valence electrons. The van der Waals surface area contributed by atoms with Gasteiger partial charge in [-0.15, -0.1) is 16.8 Å². The van der Waals surface area contributed by atoms with E-state index < -0.39 is 4.92 Å². The summed E-state index contributed by atoms with van der Waals surface area (Å²) in [6.07, 6.45) is 1.75. The summed E-state index contributed by atoms with van der Waals surface area (Å²) >= 11 is 1.24. The Morgan fingerprint density at radius 1 is 1.22 bits per heavy atom. The topological polar surface area (TPSA) is 103 Å². The van der Waals surface area contributed by atoms with E-state index in [-0.39, 0.29) is 22.8 Å². The molecule has 1 aromatic heterocycles. The summed E-state index contributed by atoms with van der Waals surface area (Å²) in [6.45, 7) is 10.8. The molecule has 3 rings (SSSR count). The molecule has 0 fully saturated rings. The predicted octanol–water partition coefficient (Wildman–Crippen LogP) is 5.07. The van der Waals surface area contributed by atoms with Gasteiger partial charge in [0.2, 0.25) is 5.91 Å². The minimum atomic E-state index is -0.502. The first-order valence-electron chi connectivity index (χ1n) is 10.0. The van der Waals surface area contributed by atoms with Gasteiger partial charge in [0.1, 0.15) is 0 Å². The van der Waals surface area contributed by atoms with Crippen LogP contribution in [0.4, 0.5) is 11.4 Å². The summed E-state index contributed by atoms with van der Waals surface area (Å²) in [5.41, 5.74) is 2.50. The van der Waals surface area contributed by atoms with Crippen molar-refractivity contribution >= 4 is 29.0 Å². The molecule has 8 nitrogen and oxygen atoms in total. The van der Waals surface area contributed by atoms with Crippen molar-refractivity contribution in [3.05, 3.63) is 76.9 Å². The number of non-ortho nitro benzene ring substituents is 1. The summed E-state index contributed by atoms with van der Waals surface area (Å²) in [5, 5.41) is 22.8. The Morgan fingerprint density at radius 3 is 2.56 bits per heavy atom. The second kappa shape index (κ2) is 9.78. The van der Waals surface area contributed by atoms with Gasteiger partial charge in [0, 0.05) is 29.9 Å². The van der Waals surface area contributed by atoms with Crippen molar-refractivity contribution in [1.29, 1.82) is 0 Å². The van der Waals surface area contributed by atoms with Crippen LogP contribution in [0.2, 0.25) is 0 Å². The molecule has 0 saturated carbocycles. The highest BCUT2D eigenvalue weighted by Gasteiger charge is 2.17. The van der Waals surface area contributed by atoms with Gasteiger partial charge in [-0.1, -0.05) is 68.9 Å². The van der Waals surface area contributed by atoms with Crippen molar-refractivity contribution < 1.29 is 9.72 Å². The molecule has 0 aliphatic heterocycles. The number of nitro groups is 1. The SMILES string of the molecule is C=CCn1c(SCC(=O)Nc2cccc([N+](=O)[O-])c2)nnc1-c1ccc(C(C)(C)C)cc1. The number of hydrogen-bond acceptors (Lipinski definition) is 6. The zero-order valence-electron chi connectivity index (χ0n) is 18.2. The molecule has 1 N–H and O–H groups in total. The average Bonchev–Trinajstić information content (AvgIpc) is 3.15. The molecule has 3 aromatic rings. The van der Waals surface area contributed by atoms with Crippen LogP contribution in [0.25, 0.3) is 11.4 Å². The number of nitrogens with zero attached hydrogens (tertiary/aromatic N) is 4. The number of allylic oxidation sites excluding steroid dienone is 1. The second-order valence-electron chi connectivity index (χ2n) is 8.18. The molecule has 0 saturated heterocycles. The van der Waals surface area contributed by atoms with E-state index in [0.717, 1.165) is 5.56 Å². The van der Waals surface area contributed by atoms with E-state index in [0.29, 0.717) is 23.2 Å². The number of benzene rings is 2. The first kappa shape index (κ1) is 23.2. The molecular weight excluding hydrogens is 426 g/mol. The van der Waals surface area contributed by atoms with Crippen LogP contribution >= 0.6 is 11.8 Å².